The van der Waals surface area contributed by atoms with Gasteiger partial charge in [0.1, 0.15) is 17.6 Å². The number of carbonyl (C=O) groups is 3. The molecule has 0 saturated carbocycles. The highest BCUT2D eigenvalue weighted by molar-refractivity contribution is 7.17. The minimum absolute atomic E-state index is 0.0916. The molecule has 1 aromatic carbocycles. The van der Waals surface area contributed by atoms with Crippen molar-refractivity contribution < 1.29 is 23.9 Å². The van der Waals surface area contributed by atoms with Gasteiger partial charge in [0.2, 0.25) is 5.91 Å². The number of H-pyrrole nitrogens is 2. The number of hydrogen-bond donors (Lipinski definition) is 3. The van der Waals surface area contributed by atoms with Crippen molar-refractivity contribution in [2.45, 2.75) is 38.8 Å². The minimum Gasteiger partial charge on any atom is -0.464 e. The number of alkyl carbamates (subject to hydrolysis) is 1. The number of methoxy groups -OCH3 is 2. The van der Waals surface area contributed by atoms with E-state index in [2.05, 4.69) is 25.6 Å². The number of aromatic amines is 2. The summed E-state index contributed by atoms with van der Waals surface area (Å²) in [4.78, 5) is 50.1. The van der Waals surface area contributed by atoms with Gasteiger partial charge in [-0.2, -0.15) is 0 Å². The highest BCUT2D eigenvalue weighted by Crippen LogP contribution is 2.36. The zero-order valence-electron chi connectivity index (χ0n) is 22.2. The van der Waals surface area contributed by atoms with Crippen LogP contribution in [0.1, 0.15) is 49.0 Å². The largest absolute Gasteiger partial charge is 0.464 e. The lowest BCUT2D eigenvalue weighted by atomic mass is 10.0. The summed E-state index contributed by atoms with van der Waals surface area (Å²) in [7, 11) is 2.65. The van der Waals surface area contributed by atoms with Crippen molar-refractivity contribution in [3.05, 3.63) is 53.4 Å². The summed E-state index contributed by atoms with van der Waals surface area (Å²) in [5.74, 6) is 0.103. The fraction of sp³-hybridized carbons (Fsp3) is 0.357. The Hall–Kier alpha value is -4.12. The summed E-state index contributed by atoms with van der Waals surface area (Å²) in [5, 5.41) is 4.74. The molecule has 0 bridgehead atoms. The number of nitrogens with zero attached hydrogens (tertiary/aromatic N) is 2. The van der Waals surface area contributed by atoms with Gasteiger partial charge in [0.15, 0.2) is 0 Å². The first-order chi connectivity index (χ1) is 18.8. The Morgan fingerprint density at radius 3 is 2.54 bits per heavy atom. The van der Waals surface area contributed by atoms with E-state index in [9.17, 15) is 14.4 Å². The molecule has 1 aliphatic rings. The van der Waals surface area contributed by atoms with Crippen LogP contribution in [0.2, 0.25) is 0 Å². The first-order valence-electron chi connectivity index (χ1n) is 12.8. The number of nitrogens with one attached hydrogen (secondary N) is 3. The number of benzene rings is 1. The first-order valence-corrected chi connectivity index (χ1v) is 13.7. The van der Waals surface area contributed by atoms with Crippen molar-refractivity contribution in [2.24, 2.45) is 5.92 Å². The monoisotopic (exact) mass is 549 g/mol. The van der Waals surface area contributed by atoms with E-state index in [1.165, 1.54) is 14.2 Å². The molecule has 1 fully saturated rings. The maximum absolute atomic E-state index is 13.4. The van der Waals surface area contributed by atoms with Crippen LogP contribution >= 0.6 is 11.3 Å². The summed E-state index contributed by atoms with van der Waals surface area (Å²) < 4.78 is 10.5. The zero-order chi connectivity index (χ0) is 27.7. The molecule has 4 aromatic rings. The van der Waals surface area contributed by atoms with Crippen LogP contribution in [-0.4, -0.2) is 64.6 Å². The molecule has 0 spiro atoms. The van der Waals surface area contributed by atoms with Gasteiger partial charge in [-0.25, -0.2) is 14.6 Å². The summed E-state index contributed by atoms with van der Waals surface area (Å²) in [5.41, 5.74) is 5.20. The van der Waals surface area contributed by atoms with Gasteiger partial charge in [-0.1, -0.05) is 38.1 Å². The van der Waals surface area contributed by atoms with Crippen LogP contribution in [0.5, 0.6) is 0 Å². The molecule has 2 amide bonds. The molecule has 204 valence electrons. The van der Waals surface area contributed by atoms with Crippen molar-refractivity contribution in [2.75, 3.05) is 20.8 Å². The molecule has 3 N–H and O–H groups in total. The smallest absolute Gasteiger partial charge is 0.407 e. The number of esters is 1. The maximum Gasteiger partial charge on any atom is 0.407 e. The van der Waals surface area contributed by atoms with Gasteiger partial charge in [0, 0.05) is 17.5 Å². The van der Waals surface area contributed by atoms with Gasteiger partial charge in [0.25, 0.3) is 0 Å². The molecule has 0 radical (unpaired) electrons. The topological polar surface area (TPSA) is 129 Å². The second-order valence-corrected chi connectivity index (χ2v) is 10.8. The number of imidazole rings is 1. The van der Waals surface area contributed by atoms with Gasteiger partial charge >= 0.3 is 12.1 Å². The van der Waals surface area contributed by atoms with Crippen LogP contribution < -0.4 is 5.32 Å². The number of thiophene rings is 1. The molecule has 11 heteroatoms. The Morgan fingerprint density at radius 2 is 1.85 bits per heavy atom. The van der Waals surface area contributed by atoms with Gasteiger partial charge in [-0.05, 0) is 36.0 Å². The second-order valence-electron chi connectivity index (χ2n) is 9.87. The molecule has 5 rings (SSSR count). The van der Waals surface area contributed by atoms with Crippen molar-refractivity contribution in [1.82, 2.24) is 25.2 Å². The SMILES string of the molecule is COC(=O)N[C@H](C(=O)N1CCC[C@H]1c1ncc(-c2ccc(-c3csc4cc(C(=O)OC)[nH]c34)cc2)[nH]1)C(C)C. The average Bonchev–Trinajstić information content (AvgIpc) is 3.74. The molecule has 0 aliphatic carbocycles. The molecule has 1 aliphatic heterocycles. The standard InChI is InChI=1S/C28H31N5O5S/c1-15(2)23(32-28(36)38-4)26(34)33-11-5-6-21(33)25-29-13-20(31-25)17-9-7-16(8-10-17)18-14-39-22-12-19(27(35)37-3)30-24(18)22/h7-10,12-15,21,23,30H,5-6,11H2,1-4H3,(H,29,31)(H,32,36)/t21-,23-/m0/s1. The molecule has 10 nitrogen and oxygen atoms in total. The van der Waals surface area contributed by atoms with Crippen LogP contribution in [0.15, 0.2) is 41.9 Å². The number of carbonyl (C=O) groups excluding carboxylic acids is 3. The van der Waals surface area contributed by atoms with E-state index in [0.29, 0.717) is 12.2 Å². The molecular weight excluding hydrogens is 518 g/mol. The lowest BCUT2D eigenvalue weighted by Crippen LogP contribution is -2.51. The number of hydrogen-bond acceptors (Lipinski definition) is 7. The molecule has 4 heterocycles. The van der Waals surface area contributed by atoms with E-state index in [-0.39, 0.29) is 17.9 Å². The minimum atomic E-state index is -0.674. The van der Waals surface area contributed by atoms with Crippen LogP contribution in [0, 0.1) is 5.92 Å². The maximum atomic E-state index is 13.4. The summed E-state index contributed by atoms with van der Waals surface area (Å²) >= 11 is 1.57. The van der Waals surface area contributed by atoms with Gasteiger partial charge < -0.3 is 29.7 Å². The van der Waals surface area contributed by atoms with E-state index >= 15 is 0 Å². The number of ether oxygens (including phenoxy) is 2. The third kappa shape index (κ3) is 5.14. The number of likely N-dealkylation sites (tertiary alicyclic amines) is 1. The number of aromatic nitrogens is 3. The van der Waals surface area contributed by atoms with Gasteiger partial charge in [0.05, 0.1) is 42.4 Å². The van der Waals surface area contributed by atoms with Crippen molar-refractivity contribution >= 4 is 39.5 Å². The Balaban J connectivity index is 1.34. The van der Waals surface area contributed by atoms with Crippen LogP contribution in [0.3, 0.4) is 0 Å². The Morgan fingerprint density at radius 1 is 1.10 bits per heavy atom. The number of rotatable bonds is 7. The molecule has 1 saturated heterocycles. The van der Waals surface area contributed by atoms with Gasteiger partial charge in [-0.3, -0.25) is 4.79 Å². The lowest BCUT2D eigenvalue weighted by Gasteiger charge is -2.30. The average molecular weight is 550 g/mol. The van der Waals surface area contributed by atoms with E-state index < -0.39 is 18.1 Å². The molecule has 2 atom stereocenters. The predicted molar refractivity (Wildman–Crippen MR) is 148 cm³/mol. The summed E-state index contributed by atoms with van der Waals surface area (Å²) in [6.45, 7) is 4.40. The Labute approximate surface area is 229 Å². The van der Waals surface area contributed by atoms with E-state index in [4.69, 9.17) is 9.47 Å². The Kier molecular flexibility index (Phi) is 7.42. The summed E-state index contributed by atoms with van der Waals surface area (Å²) in [6, 6.07) is 9.05. The highest BCUT2D eigenvalue weighted by Gasteiger charge is 2.37. The lowest BCUT2D eigenvalue weighted by molar-refractivity contribution is -0.135. The zero-order valence-corrected chi connectivity index (χ0v) is 23.1. The van der Waals surface area contributed by atoms with Crippen LogP contribution in [0.4, 0.5) is 4.79 Å². The van der Waals surface area contributed by atoms with Crippen LogP contribution in [-0.2, 0) is 14.3 Å². The third-order valence-electron chi connectivity index (χ3n) is 7.11. The fourth-order valence-electron chi connectivity index (χ4n) is 5.02. The predicted octanol–water partition coefficient (Wildman–Crippen LogP) is 5.12. The third-order valence-corrected chi connectivity index (χ3v) is 8.03. The first kappa shape index (κ1) is 26.5. The molecule has 39 heavy (non-hydrogen) atoms. The van der Waals surface area contributed by atoms with E-state index in [0.717, 1.165) is 51.3 Å². The van der Waals surface area contributed by atoms with Crippen LogP contribution in [0.25, 0.3) is 32.6 Å². The fourth-order valence-corrected chi connectivity index (χ4v) is 5.98. The van der Waals surface area contributed by atoms with Crippen molar-refractivity contribution in [1.29, 1.82) is 0 Å². The normalized spacial score (nSPS) is 16.0. The second kappa shape index (κ2) is 10.9. The van der Waals surface area contributed by atoms with Crippen molar-refractivity contribution in [3.63, 3.8) is 0 Å². The highest BCUT2D eigenvalue weighted by atomic mass is 32.1. The van der Waals surface area contributed by atoms with Crippen molar-refractivity contribution in [3.8, 4) is 22.4 Å². The number of amides is 2. The van der Waals surface area contributed by atoms with Gasteiger partial charge in [-0.15, -0.1) is 11.3 Å². The Bertz CT molecular complexity index is 1500. The molecule has 0 unspecified atom stereocenters. The molecular formula is C28H31N5O5S. The van der Waals surface area contributed by atoms with E-state index in [1.54, 1.807) is 22.4 Å². The van der Waals surface area contributed by atoms with E-state index in [1.807, 2.05) is 44.2 Å². The summed E-state index contributed by atoms with van der Waals surface area (Å²) in [6.07, 6.45) is 2.81. The molecule has 3 aromatic heterocycles. The number of fused-ring (bicyclic) bond motifs is 1. The quantitative estimate of drug-likeness (QED) is 0.275.